The van der Waals surface area contributed by atoms with Gasteiger partial charge < -0.3 is 5.32 Å². The summed E-state index contributed by atoms with van der Waals surface area (Å²) in [7, 11) is 0. The summed E-state index contributed by atoms with van der Waals surface area (Å²) in [4.78, 5) is 25.3. The van der Waals surface area contributed by atoms with E-state index in [-0.39, 0.29) is 16.8 Å². The molecule has 0 fully saturated rings. The number of anilines is 1. The lowest BCUT2D eigenvalue weighted by Crippen LogP contribution is -2.15. The number of amides is 1. The molecule has 3 rings (SSSR count). The topological polar surface area (TPSA) is 51.1 Å². The van der Waals surface area contributed by atoms with E-state index in [1.54, 1.807) is 4.57 Å². The van der Waals surface area contributed by atoms with E-state index in [4.69, 9.17) is 0 Å². The number of carbonyl (C=O) groups excluding carboxylic acids is 1. The highest BCUT2D eigenvalue weighted by Gasteiger charge is 2.11. The first kappa shape index (κ1) is 16.8. The van der Waals surface area contributed by atoms with E-state index in [1.165, 1.54) is 23.1 Å². The number of thioether (sulfide) groups is 1. The second kappa shape index (κ2) is 7.23. The third-order valence-electron chi connectivity index (χ3n) is 3.53. The van der Waals surface area contributed by atoms with Gasteiger partial charge in [-0.1, -0.05) is 29.5 Å². The van der Waals surface area contributed by atoms with Gasteiger partial charge in [0.25, 0.3) is 0 Å². The van der Waals surface area contributed by atoms with Crippen molar-refractivity contribution in [3.05, 3.63) is 58.2 Å². The molecule has 0 aliphatic heterocycles. The first-order chi connectivity index (χ1) is 11.5. The zero-order valence-corrected chi connectivity index (χ0v) is 15.1. The fraction of sp³-hybridized carbons (Fsp3) is 0.222. The Morgan fingerprint density at radius 2 is 1.96 bits per heavy atom. The Kier molecular flexibility index (Phi) is 5.06. The number of rotatable bonds is 5. The van der Waals surface area contributed by atoms with Crippen LogP contribution in [0.25, 0.3) is 10.2 Å². The van der Waals surface area contributed by atoms with Gasteiger partial charge in [-0.2, -0.15) is 0 Å². The van der Waals surface area contributed by atoms with Crippen LogP contribution in [0.5, 0.6) is 0 Å². The van der Waals surface area contributed by atoms with Crippen LogP contribution in [0.4, 0.5) is 5.69 Å². The summed E-state index contributed by atoms with van der Waals surface area (Å²) in [6.45, 7) is 3.98. The average Bonchev–Trinajstić information content (AvgIpc) is 2.89. The van der Waals surface area contributed by atoms with Crippen LogP contribution in [0.2, 0.25) is 0 Å². The van der Waals surface area contributed by atoms with E-state index in [1.807, 2.05) is 62.4 Å². The maximum Gasteiger partial charge on any atom is 0.308 e. The summed E-state index contributed by atoms with van der Waals surface area (Å²) in [5, 5.41) is 2.90. The average molecular weight is 358 g/mol. The van der Waals surface area contributed by atoms with Gasteiger partial charge in [-0.15, -0.1) is 11.8 Å². The number of benzene rings is 2. The molecule has 0 spiro atoms. The molecule has 0 atom stereocenters. The molecule has 1 amide bonds. The van der Waals surface area contributed by atoms with Gasteiger partial charge in [-0.05, 0) is 44.2 Å². The molecule has 0 aliphatic rings. The summed E-state index contributed by atoms with van der Waals surface area (Å²) < 4.78 is 2.67. The Hall–Kier alpha value is -2.05. The summed E-state index contributed by atoms with van der Waals surface area (Å²) >= 11 is 2.71. The third kappa shape index (κ3) is 3.71. The fourth-order valence-corrected chi connectivity index (χ4v) is 4.24. The number of thiazole rings is 1. The van der Waals surface area contributed by atoms with E-state index < -0.39 is 0 Å². The monoisotopic (exact) mass is 358 g/mol. The SMILES string of the molecule is CC(C)n1c(=O)sc2cc(NC(=O)CSc3ccccc3)ccc21. The van der Waals surface area contributed by atoms with E-state index in [2.05, 4.69) is 5.32 Å². The van der Waals surface area contributed by atoms with Crippen LogP contribution >= 0.6 is 23.1 Å². The molecule has 0 aliphatic carbocycles. The van der Waals surface area contributed by atoms with Crippen LogP contribution in [0, 0.1) is 0 Å². The minimum atomic E-state index is -0.0566. The molecule has 24 heavy (non-hydrogen) atoms. The molecule has 0 saturated heterocycles. The van der Waals surface area contributed by atoms with Crippen LogP contribution in [0.3, 0.4) is 0 Å². The number of nitrogens with one attached hydrogen (secondary N) is 1. The highest BCUT2D eigenvalue weighted by Crippen LogP contribution is 2.24. The van der Waals surface area contributed by atoms with Crippen molar-refractivity contribution in [2.75, 3.05) is 11.1 Å². The van der Waals surface area contributed by atoms with Crippen molar-refractivity contribution in [3.63, 3.8) is 0 Å². The van der Waals surface area contributed by atoms with Gasteiger partial charge in [0.05, 0.1) is 16.0 Å². The summed E-state index contributed by atoms with van der Waals surface area (Å²) in [6.07, 6.45) is 0. The molecular formula is C18H18N2O2S2. The second-order valence-electron chi connectivity index (χ2n) is 5.66. The minimum Gasteiger partial charge on any atom is -0.325 e. The molecule has 1 N–H and O–H groups in total. The molecule has 2 aromatic carbocycles. The molecular weight excluding hydrogens is 340 g/mol. The highest BCUT2D eigenvalue weighted by atomic mass is 32.2. The number of aromatic nitrogens is 1. The first-order valence-corrected chi connectivity index (χ1v) is 9.47. The quantitative estimate of drug-likeness (QED) is 0.689. The van der Waals surface area contributed by atoms with Gasteiger partial charge in [0.15, 0.2) is 0 Å². The van der Waals surface area contributed by atoms with Crippen molar-refractivity contribution in [2.45, 2.75) is 24.8 Å². The fourth-order valence-electron chi connectivity index (χ4n) is 2.47. The zero-order chi connectivity index (χ0) is 17.1. The van der Waals surface area contributed by atoms with E-state index in [0.29, 0.717) is 5.75 Å². The molecule has 1 aromatic heterocycles. The lowest BCUT2D eigenvalue weighted by atomic mass is 10.2. The Bertz CT molecular complexity index is 914. The highest BCUT2D eigenvalue weighted by molar-refractivity contribution is 8.00. The Balaban J connectivity index is 1.71. The van der Waals surface area contributed by atoms with E-state index >= 15 is 0 Å². The van der Waals surface area contributed by atoms with Gasteiger partial charge >= 0.3 is 4.87 Å². The number of hydrogen-bond donors (Lipinski definition) is 1. The van der Waals surface area contributed by atoms with Crippen LogP contribution in [0.15, 0.2) is 58.2 Å². The van der Waals surface area contributed by atoms with Crippen molar-refractivity contribution in [3.8, 4) is 0 Å². The lowest BCUT2D eigenvalue weighted by Gasteiger charge is -2.08. The first-order valence-electron chi connectivity index (χ1n) is 7.67. The van der Waals surface area contributed by atoms with Crippen molar-refractivity contribution in [2.24, 2.45) is 0 Å². The van der Waals surface area contributed by atoms with Crippen LogP contribution in [-0.2, 0) is 4.79 Å². The molecule has 124 valence electrons. The Morgan fingerprint density at radius 1 is 1.21 bits per heavy atom. The van der Waals surface area contributed by atoms with Crippen molar-refractivity contribution >= 4 is 44.9 Å². The minimum absolute atomic E-state index is 0.0307. The maximum absolute atomic E-state index is 12.1. The predicted octanol–water partition coefficient (Wildman–Crippen LogP) is 4.37. The standard InChI is InChI=1S/C18H18N2O2S2/c1-12(2)20-15-9-8-13(10-16(15)24-18(20)22)19-17(21)11-23-14-6-4-3-5-7-14/h3-10,12H,11H2,1-2H3,(H,19,21). The van der Waals surface area contributed by atoms with E-state index in [0.717, 1.165) is 20.8 Å². The third-order valence-corrected chi connectivity index (χ3v) is 5.46. The van der Waals surface area contributed by atoms with Gasteiger partial charge in [-0.25, -0.2) is 0 Å². The summed E-state index contributed by atoms with van der Waals surface area (Å²) in [6, 6.07) is 15.6. The molecule has 1 heterocycles. The molecule has 0 saturated carbocycles. The van der Waals surface area contributed by atoms with Gasteiger partial charge in [0, 0.05) is 16.6 Å². The molecule has 6 heteroatoms. The predicted molar refractivity (Wildman–Crippen MR) is 102 cm³/mol. The molecule has 3 aromatic rings. The number of fused-ring (bicyclic) bond motifs is 1. The van der Waals surface area contributed by atoms with Crippen LogP contribution < -0.4 is 10.2 Å². The number of nitrogens with zero attached hydrogens (tertiary/aromatic N) is 1. The van der Waals surface area contributed by atoms with Gasteiger partial charge in [0.2, 0.25) is 5.91 Å². The van der Waals surface area contributed by atoms with Crippen LogP contribution in [0.1, 0.15) is 19.9 Å². The normalized spacial score (nSPS) is 11.1. The van der Waals surface area contributed by atoms with Gasteiger partial charge in [0.1, 0.15) is 0 Å². The van der Waals surface area contributed by atoms with Crippen molar-refractivity contribution < 1.29 is 4.79 Å². The largest absolute Gasteiger partial charge is 0.325 e. The molecule has 0 unspecified atom stereocenters. The maximum atomic E-state index is 12.1. The molecule has 4 nitrogen and oxygen atoms in total. The van der Waals surface area contributed by atoms with Gasteiger partial charge in [-0.3, -0.25) is 14.2 Å². The zero-order valence-electron chi connectivity index (χ0n) is 13.5. The summed E-state index contributed by atoms with van der Waals surface area (Å²) in [5.74, 6) is 0.296. The van der Waals surface area contributed by atoms with Crippen molar-refractivity contribution in [1.29, 1.82) is 0 Å². The summed E-state index contributed by atoms with van der Waals surface area (Å²) in [5.41, 5.74) is 1.63. The number of carbonyl (C=O) groups is 1. The van der Waals surface area contributed by atoms with Crippen LogP contribution in [-0.4, -0.2) is 16.2 Å². The van der Waals surface area contributed by atoms with E-state index in [9.17, 15) is 9.59 Å². The molecule has 0 bridgehead atoms. The Morgan fingerprint density at radius 3 is 2.67 bits per heavy atom. The molecule has 0 radical (unpaired) electrons. The smallest absolute Gasteiger partial charge is 0.308 e. The second-order valence-corrected chi connectivity index (χ2v) is 7.71. The number of hydrogen-bond acceptors (Lipinski definition) is 4. The Labute approximate surface area is 148 Å². The lowest BCUT2D eigenvalue weighted by molar-refractivity contribution is -0.113. The van der Waals surface area contributed by atoms with Crippen molar-refractivity contribution in [1.82, 2.24) is 4.57 Å².